The molecule has 0 amide bonds. The molecule has 1 aliphatic rings. The van der Waals surface area contributed by atoms with Gasteiger partial charge >= 0.3 is 0 Å². The number of nitrogens with one attached hydrogen (secondary N) is 1. The van der Waals surface area contributed by atoms with Crippen LogP contribution in [0, 0.1) is 11.3 Å². The van der Waals surface area contributed by atoms with Crippen LogP contribution in [0.25, 0.3) is 0 Å². The quantitative estimate of drug-likeness (QED) is 0.842. The van der Waals surface area contributed by atoms with Gasteiger partial charge in [0.05, 0.1) is 17.1 Å². The third-order valence-electron chi connectivity index (χ3n) is 2.68. The monoisotopic (exact) mass is 251 g/mol. The van der Waals surface area contributed by atoms with Crippen molar-refractivity contribution in [3.05, 3.63) is 22.9 Å². The van der Waals surface area contributed by atoms with Gasteiger partial charge in [-0.2, -0.15) is 5.26 Å². The maximum absolute atomic E-state index is 11.5. The molecule has 0 fully saturated rings. The summed E-state index contributed by atoms with van der Waals surface area (Å²) in [5.74, 6) is 0.689. The summed E-state index contributed by atoms with van der Waals surface area (Å²) in [5.41, 5.74) is 1.85. The Morgan fingerprint density at radius 2 is 2.35 bits per heavy atom. The van der Waals surface area contributed by atoms with Gasteiger partial charge < -0.3 is 5.32 Å². The highest BCUT2D eigenvalue weighted by molar-refractivity contribution is 7.90. The summed E-state index contributed by atoms with van der Waals surface area (Å²) in [4.78, 5) is 4.34. The van der Waals surface area contributed by atoms with E-state index < -0.39 is 9.84 Å². The Balaban J connectivity index is 2.49. The fraction of sp³-hybridized carbons (Fsp3) is 0.455. The average Bonchev–Trinajstić information content (AvgIpc) is 2.28. The van der Waals surface area contributed by atoms with Crippen molar-refractivity contribution in [1.82, 2.24) is 4.98 Å². The van der Waals surface area contributed by atoms with E-state index in [1.165, 1.54) is 0 Å². The minimum absolute atomic E-state index is 0.00355. The molecule has 0 aromatic carbocycles. The lowest BCUT2D eigenvalue weighted by Crippen LogP contribution is -2.21. The molecule has 0 atom stereocenters. The van der Waals surface area contributed by atoms with Crippen LogP contribution in [0.2, 0.25) is 0 Å². The molecule has 1 N–H and O–H groups in total. The first-order chi connectivity index (χ1) is 8.05. The van der Waals surface area contributed by atoms with Crippen LogP contribution in [-0.2, 0) is 22.0 Å². The van der Waals surface area contributed by atoms with Crippen molar-refractivity contribution in [2.45, 2.75) is 19.1 Å². The molecule has 0 saturated heterocycles. The van der Waals surface area contributed by atoms with E-state index in [0.29, 0.717) is 29.9 Å². The molecule has 1 aromatic rings. The van der Waals surface area contributed by atoms with Gasteiger partial charge in [0.2, 0.25) is 0 Å². The predicted octanol–water partition coefficient (Wildman–Crippen LogP) is 0.856. The lowest BCUT2D eigenvalue weighted by Gasteiger charge is -2.17. The molecule has 1 aromatic heterocycles. The predicted molar refractivity (Wildman–Crippen MR) is 64.3 cm³/mol. The lowest BCUT2D eigenvalue weighted by atomic mass is 10.1. The van der Waals surface area contributed by atoms with Crippen LogP contribution in [0.4, 0.5) is 5.82 Å². The molecule has 6 heteroatoms. The Hall–Kier alpha value is -1.61. The van der Waals surface area contributed by atoms with Crippen LogP contribution in [-0.4, -0.2) is 25.7 Å². The Labute approximate surface area is 100 Å². The average molecular weight is 251 g/mol. The van der Waals surface area contributed by atoms with Crippen LogP contribution >= 0.6 is 0 Å². The van der Waals surface area contributed by atoms with E-state index in [2.05, 4.69) is 10.3 Å². The van der Waals surface area contributed by atoms with Crippen LogP contribution in [0.1, 0.15) is 23.7 Å². The third-order valence-corrected chi connectivity index (χ3v) is 4.26. The molecular weight excluding hydrogens is 238 g/mol. The third kappa shape index (κ3) is 2.39. The topological polar surface area (TPSA) is 82.8 Å². The van der Waals surface area contributed by atoms with Crippen molar-refractivity contribution in [2.24, 2.45) is 0 Å². The molecule has 0 radical (unpaired) electrons. The standard InChI is InChI=1S/C11H13N3O2S/c1-2-13-11-8(6-12)5-9-7-17(15,16)4-3-10(9)14-11/h5H,2-4,7H2,1H3,(H,13,14). The molecule has 2 heterocycles. The van der Waals surface area contributed by atoms with E-state index in [1.807, 2.05) is 13.0 Å². The number of pyridine rings is 1. The van der Waals surface area contributed by atoms with E-state index in [9.17, 15) is 8.42 Å². The summed E-state index contributed by atoms with van der Waals surface area (Å²) in [6.07, 6.45) is 0.432. The molecule has 17 heavy (non-hydrogen) atoms. The zero-order valence-electron chi connectivity index (χ0n) is 9.52. The fourth-order valence-electron chi connectivity index (χ4n) is 1.88. The highest BCUT2D eigenvalue weighted by Gasteiger charge is 2.23. The van der Waals surface area contributed by atoms with Gasteiger partial charge in [0.15, 0.2) is 9.84 Å². The molecule has 0 saturated carbocycles. The summed E-state index contributed by atoms with van der Waals surface area (Å²) in [6.45, 7) is 2.60. The van der Waals surface area contributed by atoms with Crippen LogP contribution in [0.3, 0.4) is 0 Å². The maximum Gasteiger partial charge on any atom is 0.154 e. The van der Waals surface area contributed by atoms with E-state index in [-0.39, 0.29) is 11.5 Å². The summed E-state index contributed by atoms with van der Waals surface area (Å²) in [7, 11) is -3.02. The van der Waals surface area contributed by atoms with Gasteiger partial charge in [-0.15, -0.1) is 0 Å². The molecule has 2 rings (SSSR count). The number of hydrogen-bond acceptors (Lipinski definition) is 5. The van der Waals surface area contributed by atoms with Crippen molar-refractivity contribution in [1.29, 1.82) is 5.26 Å². The van der Waals surface area contributed by atoms with Crippen LogP contribution in [0.5, 0.6) is 0 Å². The minimum Gasteiger partial charge on any atom is -0.369 e. The number of rotatable bonds is 2. The molecule has 1 aliphatic heterocycles. The second kappa shape index (κ2) is 4.34. The van der Waals surface area contributed by atoms with Gasteiger partial charge in [0.1, 0.15) is 11.9 Å². The molecule has 0 unspecified atom stereocenters. The highest BCUT2D eigenvalue weighted by atomic mass is 32.2. The SMILES string of the molecule is CCNc1nc2c(cc1C#N)CS(=O)(=O)CC2. The van der Waals surface area contributed by atoms with Crippen molar-refractivity contribution in [2.75, 3.05) is 17.6 Å². The van der Waals surface area contributed by atoms with Crippen molar-refractivity contribution < 1.29 is 8.42 Å². The molecule has 5 nitrogen and oxygen atoms in total. The molecule has 0 aliphatic carbocycles. The second-order valence-corrected chi connectivity index (χ2v) is 6.16. The van der Waals surface area contributed by atoms with Gasteiger partial charge in [0.25, 0.3) is 0 Å². The first-order valence-electron chi connectivity index (χ1n) is 5.43. The normalized spacial score (nSPS) is 16.9. The maximum atomic E-state index is 11.5. The lowest BCUT2D eigenvalue weighted by molar-refractivity contribution is 0.590. The number of hydrogen-bond donors (Lipinski definition) is 1. The summed E-state index contributed by atoms with van der Waals surface area (Å²) < 4.78 is 23.0. The van der Waals surface area contributed by atoms with Gasteiger partial charge in [0, 0.05) is 18.7 Å². The van der Waals surface area contributed by atoms with Gasteiger partial charge in [-0.05, 0) is 18.6 Å². The van der Waals surface area contributed by atoms with Crippen molar-refractivity contribution >= 4 is 15.7 Å². The smallest absolute Gasteiger partial charge is 0.154 e. The van der Waals surface area contributed by atoms with E-state index in [0.717, 1.165) is 5.69 Å². The van der Waals surface area contributed by atoms with Gasteiger partial charge in [-0.25, -0.2) is 13.4 Å². The van der Waals surface area contributed by atoms with Crippen LogP contribution < -0.4 is 5.32 Å². The fourth-order valence-corrected chi connectivity index (χ4v) is 3.26. The largest absolute Gasteiger partial charge is 0.369 e. The van der Waals surface area contributed by atoms with E-state index >= 15 is 0 Å². The number of nitriles is 1. The summed E-state index contributed by atoms with van der Waals surface area (Å²) >= 11 is 0. The first kappa shape index (κ1) is 11.9. The van der Waals surface area contributed by atoms with E-state index in [1.54, 1.807) is 6.07 Å². The second-order valence-electron chi connectivity index (χ2n) is 3.97. The van der Waals surface area contributed by atoms with Crippen molar-refractivity contribution in [3.8, 4) is 6.07 Å². The number of aryl methyl sites for hydroxylation is 1. The molecule has 90 valence electrons. The minimum atomic E-state index is -3.02. The number of aromatic nitrogens is 1. The van der Waals surface area contributed by atoms with Crippen molar-refractivity contribution in [3.63, 3.8) is 0 Å². The Morgan fingerprint density at radius 3 is 3.00 bits per heavy atom. The summed E-state index contributed by atoms with van der Waals surface area (Å²) in [5, 5.41) is 12.0. The molecule has 0 spiro atoms. The zero-order valence-corrected chi connectivity index (χ0v) is 10.3. The highest BCUT2D eigenvalue weighted by Crippen LogP contribution is 2.23. The number of sulfone groups is 1. The molecule has 0 bridgehead atoms. The summed E-state index contributed by atoms with van der Waals surface area (Å²) in [6, 6.07) is 3.67. The zero-order chi connectivity index (χ0) is 12.5. The number of anilines is 1. The number of nitrogens with zero attached hydrogens (tertiary/aromatic N) is 2. The first-order valence-corrected chi connectivity index (χ1v) is 7.25. The van der Waals surface area contributed by atoms with Gasteiger partial charge in [-0.3, -0.25) is 0 Å². The Kier molecular flexibility index (Phi) is 3.03. The Bertz CT molecular complexity index is 587. The molecular formula is C11H13N3O2S. The van der Waals surface area contributed by atoms with Gasteiger partial charge in [-0.1, -0.05) is 0 Å². The number of fused-ring (bicyclic) bond motifs is 1. The Morgan fingerprint density at radius 1 is 1.59 bits per heavy atom. The van der Waals surface area contributed by atoms with Crippen LogP contribution in [0.15, 0.2) is 6.07 Å². The van der Waals surface area contributed by atoms with E-state index in [4.69, 9.17) is 5.26 Å².